The number of hydrogen-bond donors (Lipinski definition) is 1. The fraction of sp³-hybridized carbons (Fsp3) is 0.375. The number of amides is 2. The molecule has 3 aliphatic heterocycles. The average Bonchev–Trinajstić information content (AvgIpc) is 3.34. The Labute approximate surface area is 193 Å². The quantitative estimate of drug-likeness (QED) is 0.747. The van der Waals surface area contributed by atoms with Gasteiger partial charge in [0.2, 0.25) is 11.8 Å². The van der Waals surface area contributed by atoms with Crippen molar-refractivity contribution in [1.29, 1.82) is 0 Å². The second kappa shape index (κ2) is 8.62. The SMILES string of the molecule is O=C(Nc1cccc(CN2CCCC2=O)c1)C1CCCN(C2=NS(=O)(=O)c3ccccc32)C1. The number of benzene rings is 2. The summed E-state index contributed by atoms with van der Waals surface area (Å²) in [6.45, 7) is 2.39. The number of fused-ring (bicyclic) bond motifs is 1. The molecule has 2 saturated heterocycles. The fourth-order valence-electron chi connectivity index (χ4n) is 4.78. The van der Waals surface area contributed by atoms with E-state index in [2.05, 4.69) is 9.71 Å². The summed E-state index contributed by atoms with van der Waals surface area (Å²) in [5, 5.41) is 3.01. The van der Waals surface area contributed by atoms with Crippen LogP contribution in [-0.2, 0) is 26.2 Å². The number of piperidine rings is 1. The van der Waals surface area contributed by atoms with Gasteiger partial charge in [-0.2, -0.15) is 8.42 Å². The number of carbonyl (C=O) groups is 2. The van der Waals surface area contributed by atoms with Gasteiger partial charge in [-0.05, 0) is 49.1 Å². The smallest absolute Gasteiger partial charge is 0.285 e. The first kappa shape index (κ1) is 21.6. The number of rotatable bonds is 4. The lowest BCUT2D eigenvalue weighted by Crippen LogP contribution is -2.43. The number of amidine groups is 1. The summed E-state index contributed by atoms with van der Waals surface area (Å²) in [6.07, 6.45) is 3.00. The van der Waals surface area contributed by atoms with Crippen molar-refractivity contribution in [3.63, 3.8) is 0 Å². The van der Waals surface area contributed by atoms with Gasteiger partial charge in [0.15, 0.2) is 5.84 Å². The molecule has 1 atom stereocenters. The van der Waals surface area contributed by atoms with E-state index in [1.165, 1.54) is 0 Å². The highest BCUT2D eigenvalue weighted by Crippen LogP contribution is 2.30. The molecule has 5 rings (SSSR count). The van der Waals surface area contributed by atoms with Crippen LogP contribution in [-0.4, -0.2) is 55.5 Å². The first-order valence-electron chi connectivity index (χ1n) is 11.3. The van der Waals surface area contributed by atoms with E-state index in [1.54, 1.807) is 24.3 Å². The zero-order chi connectivity index (χ0) is 23.0. The van der Waals surface area contributed by atoms with Crippen molar-refractivity contribution >= 4 is 33.4 Å². The lowest BCUT2D eigenvalue weighted by atomic mass is 9.96. The second-order valence-electron chi connectivity index (χ2n) is 8.78. The van der Waals surface area contributed by atoms with Crippen molar-refractivity contribution in [1.82, 2.24) is 9.80 Å². The molecule has 0 bridgehead atoms. The predicted molar refractivity (Wildman–Crippen MR) is 124 cm³/mol. The highest BCUT2D eigenvalue weighted by Gasteiger charge is 2.35. The summed E-state index contributed by atoms with van der Waals surface area (Å²) in [5.74, 6) is 0.232. The average molecular weight is 467 g/mol. The summed E-state index contributed by atoms with van der Waals surface area (Å²) < 4.78 is 28.8. The first-order chi connectivity index (χ1) is 15.9. The molecule has 0 aliphatic carbocycles. The standard InChI is InChI=1S/C24H26N4O4S/c29-22-11-5-12-27(22)15-17-6-3-8-19(14-17)25-24(30)18-7-4-13-28(16-18)23-20-9-1-2-10-21(20)33(31,32)26-23/h1-3,6,8-10,14,18H,4-5,7,11-13,15-16H2,(H,25,30). The van der Waals surface area contributed by atoms with Crippen LogP contribution in [0.3, 0.4) is 0 Å². The third kappa shape index (κ3) is 4.37. The van der Waals surface area contributed by atoms with Gasteiger partial charge in [0.1, 0.15) is 4.90 Å². The highest BCUT2D eigenvalue weighted by molar-refractivity contribution is 7.90. The van der Waals surface area contributed by atoms with Crippen LogP contribution in [0.4, 0.5) is 5.69 Å². The van der Waals surface area contributed by atoms with Gasteiger partial charge in [-0.25, -0.2) is 0 Å². The Morgan fingerprint density at radius 2 is 1.94 bits per heavy atom. The van der Waals surface area contributed by atoms with Crippen molar-refractivity contribution in [3.05, 3.63) is 59.7 Å². The Bertz CT molecular complexity index is 1240. The van der Waals surface area contributed by atoms with Crippen molar-refractivity contribution in [2.24, 2.45) is 10.3 Å². The Morgan fingerprint density at radius 1 is 1.09 bits per heavy atom. The zero-order valence-corrected chi connectivity index (χ0v) is 19.1. The van der Waals surface area contributed by atoms with Crippen molar-refractivity contribution in [3.8, 4) is 0 Å². The van der Waals surface area contributed by atoms with Gasteiger partial charge in [-0.3, -0.25) is 9.59 Å². The van der Waals surface area contributed by atoms with Crippen LogP contribution in [0.15, 0.2) is 57.8 Å². The monoisotopic (exact) mass is 466 g/mol. The largest absolute Gasteiger partial charge is 0.355 e. The van der Waals surface area contributed by atoms with E-state index in [0.29, 0.717) is 43.1 Å². The predicted octanol–water partition coefficient (Wildman–Crippen LogP) is 2.61. The highest BCUT2D eigenvalue weighted by atomic mass is 32.2. The third-order valence-electron chi connectivity index (χ3n) is 6.44. The minimum atomic E-state index is -3.69. The molecule has 3 aliphatic rings. The van der Waals surface area contributed by atoms with E-state index in [1.807, 2.05) is 34.1 Å². The van der Waals surface area contributed by atoms with Crippen LogP contribution in [0.5, 0.6) is 0 Å². The van der Waals surface area contributed by atoms with Crippen LogP contribution in [0.25, 0.3) is 0 Å². The molecule has 1 N–H and O–H groups in total. The number of nitrogens with one attached hydrogen (secondary N) is 1. The van der Waals surface area contributed by atoms with Gasteiger partial charge in [-0.1, -0.05) is 24.3 Å². The third-order valence-corrected chi connectivity index (χ3v) is 7.77. The van der Waals surface area contributed by atoms with Crippen molar-refractivity contribution < 1.29 is 18.0 Å². The van der Waals surface area contributed by atoms with Gasteiger partial charge in [0.25, 0.3) is 10.0 Å². The van der Waals surface area contributed by atoms with E-state index in [-0.39, 0.29) is 22.6 Å². The van der Waals surface area contributed by atoms with Gasteiger partial charge in [-0.15, -0.1) is 4.40 Å². The van der Waals surface area contributed by atoms with Crippen LogP contribution < -0.4 is 5.32 Å². The maximum atomic E-state index is 13.0. The maximum Gasteiger partial charge on any atom is 0.285 e. The number of hydrogen-bond acceptors (Lipinski definition) is 5. The summed E-state index contributed by atoms with van der Waals surface area (Å²) in [6, 6.07) is 14.4. The molecule has 0 spiro atoms. The van der Waals surface area contributed by atoms with Crippen LogP contribution in [0.1, 0.15) is 36.8 Å². The molecule has 0 aromatic heterocycles. The molecule has 2 fully saturated rings. The number of sulfonamides is 1. The Morgan fingerprint density at radius 3 is 2.76 bits per heavy atom. The molecule has 2 amide bonds. The van der Waals surface area contributed by atoms with Gasteiger partial charge >= 0.3 is 0 Å². The molecular formula is C24H26N4O4S. The van der Waals surface area contributed by atoms with E-state index in [0.717, 1.165) is 31.4 Å². The molecule has 0 radical (unpaired) electrons. The molecular weight excluding hydrogens is 440 g/mol. The molecule has 2 aromatic carbocycles. The lowest BCUT2D eigenvalue weighted by molar-refractivity contribution is -0.128. The Balaban J connectivity index is 1.27. The molecule has 1 unspecified atom stereocenters. The Hall–Kier alpha value is -3.20. The van der Waals surface area contributed by atoms with E-state index < -0.39 is 10.0 Å². The lowest BCUT2D eigenvalue weighted by Gasteiger charge is -2.33. The topological polar surface area (TPSA) is 99.2 Å². The molecule has 9 heteroatoms. The van der Waals surface area contributed by atoms with Crippen molar-refractivity contribution in [2.45, 2.75) is 37.1 Å². The molecule has 3 heterocycles. The summed E-state index contributed by atoms with van der Waals surface area (Å²) in [7, 11) is -3.69. The minimum Gasteiger partial charge on any atom is -0.355 e. The summed E-state index contributed by atoms with van der Waals surface area (Å²) >= 11 is 0. The number of nitrogens with zero attached hydrogens (tertiary/aromatic N) is 3. The molecule has 33 heavy (non-hydrogen) atoms. The minimum absolute atomic E-state index is 0.0937. The van der Waals surface area contributed by atoms with Crippen LogP contribution in [0, 0.1) is 5.92 Å². The fourth-order valence-corrected chi connectivity index (χ4v) is 6.01. The van der Waals surface area contributed by atoms with E-state index >= 15 is 0 Å². The first-order valence-corrected chi connectivity index (χ1v) is 12.7. The van der Waals surface area contributed by atoms with Gasteiger partial charge in [0, 0.05) is 43.9 Å². The van der Waals surface area contributed by atoms with Gasteiger partial charge < -0.3 is 15.1 Å². The van der Waals surface area contributed by atoms with Crippen molar-refractivity contribution in [2.75, 3.05) is 25.0 Å². The zero-order valence-electron chi connectivity index (χ0n) is 18.2. The second-order valence-corrected chi connectivity index (χ2v) is 10.4. The van der Waals surface area contributed by atoms with E-state index in [9.17, 15) is 18.0 Å². The normalized spacial score (nSPS) is 21.6. The summed E-state index contributed by atoms with van der Waals surface area (Å²) in [4.78, 5) is 28.9. The summed E-state index contributed by atoms with van der Waals surface area (Å²) in [5.41, 5.74) is 2.28. The van der Waals surface area contributed by atoms with Crippen LogP contribution in [0.2, 0.25) is 0 Å². The number of anilines is 1. The number of likely N-dealkylation sites (tertiary alicyclic amines) is 2. The van der Waals surface area contributed by atoms with Crippen LogP contribution >= 0.6 is 0 Å². The molecule has 2 aromatic rings. The molecule has 8 nitrogen and oxygen atoms in total. The van der Waals surface area contributed by atoms with E-state index in [4.69, 9.17) is 0 Å². The number of carbonyl (C=O) groups excluding carboxylic acids is 2. The van der Waals surface area contributed by atoms with Gasteiger partial charge in [0.05, 0.1) is 5.92 Å². The maximum absolute atomic E-state index is 13.0. The Kier molecular flexibility index (Phi) is 5.65. The molecule has 0 saturated carbocycles. The molecule has 172 valence electrons.